The highest BCUT2D eigenvalue weighted by Gasteiger charge is 2.13. The molecule has 1 amide bonds. The molecule has 0 spiro atoms. The van der Waals surface area contributed by atoms with Gasteiger partial charge in [-0.15, -0.1) is 0 Å². The Labute approximate surface area is 164 Å². The highest BCUT2D eigenvalue weighted by Crippen LogP contribution is 2.24. The number of nitrogens with zero attached hydrogens (tertiary/aromatic N) is 2. The van der Waals surface area contributed by atoms with E-state index in [1.807, 2.05) is 6.07 Å². The normalized spacial score (nSPS) is 10.7. The van der Waals surface area contributed by atoms with Crippen LogP contribution in [0.25, 0.3) is 0 Å². The summed E-state index contributed by atoms with van der Waals surface area (Å²) < 4.78 is 1.59. The van der Waals surface area contributed by atoms with Gasteiger partial charge in [-0.1, -0.05) is 52.5 Å². The van der Waals surface area contributed by atoms with E-state index in [1.165, 1.54) is 0 Å². The van der Waals surface area contributed by atoms with Gasteiger partial charge in [-0.3, -0.25) is 9.48 Å². The standard InChI is InChI=1S/C17H11Cl4N3O/c18-12-4-1-10(2-5-12)17(25)22-16-15(21)9-24(23-16)8-11-3-6-13(19)7-14(11)20/h1-7,9H,8H2,(H,22,23,25). The summed E-state index contributed by atoms with van der Waals surface area (Å²) >= 11 is 24.0. The zero-order valence-corrected chi connectivity index (χ0v) is 15.7. The van der Waals surface area contributed by atoms with E-state index in [9.17, 15) is 4.79 Å². The number of hydrogen-bond acceptors (Lipinski definition) is 2. The van der Waals surface area contributed by atoms with E-state index in [4.69, 9.17) is 46.4 Å². The lowest BCUT2D eigenvalue weighted by Gasteiger charge is -2.05. The molecule has 3 rings (SSSR count). The van der Waals surface area contributed by atoms with Gasteiger partial charge < -0.3 is 5.32 Å². The quantitative estimate of drug-likeness (QED) is 0.586. The number of halogens is 4. The first-order chi connectivity index (χ1) is 11.9. The molecule has 0 radical (unpaired) electrons. The second-order valence-electron chi connectivity index (χ2n) is 5.22. The molecule has 0 saturated heterocycles. The smallest absolute Gasteiger partial charge is 0.256 e. The molecule has 0 unspecified atom stereocenters. The van der Waals surface area contributed by atoms with Crippen molar-refractivity contribution in [2.75, 3.05) is 5.32 Å². The average molecular weight is 415 g/mol. The van der Waals surface area contributed by atoms with Crippen molar-refractivity contribution in [2.24, 2.45) is 0 Å². The summed E-state index contributed by atoms with van der Waals surface area (Å²) in [4.78, 5) is 12.2. The first kappa shape index (κ1) is 18.1. The lowest BCUT2D eigenvalue weighted by molar-refractivity contribution is 0.102. The minimum atomic E-state index is -0.326. The number of aromatic nitrogens is 2. The van der Waals surface area contributed by atoms with Gasteiger partial charge in [-0.05, 0) is 42.0 Å². The maximum atomic E-state index is 12.2. The fourth-order valence-corrected chi connectivity index (χ4v) is 2.96. The summed E-state index contributed by atoms with van der Waals surface area (Å²) in [6.45, 7) is 0.395. The fourth-order valence-electron chi connectivity index (χ4n) is 2.17. The predicted octanol–water partition coefficient (Wildman–Crippen LogP) is 5.80. The molecule has 3 aromatic rings. The minimum Gasteiger partial charge on any atom is -0.304 e. The fraction of sp³-hybridized carbons (Fsp3) is 0.0588. The summed E-state index contributed by atoms with van der Waals surface area (Å²) in [5.74, 6) is -0.0555. The van der Waals surface area contributed by atoms with E-state index in [1.54, 1.807) is 47.3 Å². The van der Waals surface area contributed by atoms with Crippen LogP contribution in [0.5, 0.6) is 0 Å². The second-order valence-corrected chi connectivity index (χ2v) is 6.91. The van der Waals surface area contributed by atoms with Gasteiger partial charge in [-0.2, -0.15) is 5.10 Å². The number of carbonyl (C=O) groups excluding carboxylic acids is 1. The second kappa shape index (κ2) is 7.67. The van der Waals surface area contributed by atoms with E-state index in [0.29, 0.717) is 32.2 Å². The molecule has 0 aliphatic rings. The van der Waals surface area contributed by atoms with Crippen molar-refractivity contribution in [3.63, 3.8) is 0 Å². The molecule has 128 valence electrons. The molecule has 1 N–H and O–H groups in total. The Hall–Kier alpha value is -1.72. The number of hydrogen-bond donors (Lipinski definition) is 1. The Bertz CT molecular complexity index is 922. The summed E-state index contributed by atoms with van der Waals surface area (Å²) in [6, 6.07) is 11.7. The summed E-state index contributed by atoms with van der Waals surface area (Å²) in [6.07, 6.45) is 1.62. The molecule has 0 atom stereocenters. The Morgan fingerprint density at radius 2 is 1.64 bits per heavy atom. The molecule has 0 bridgehead atoms. The van der Waals surface area contributed by atoms with E-state index in [0.717, 1.165) is 5.56 Å². The molecule has 8 heteroatoms. The molecule has 0 aliphatic carbocycles. The zero-order valence-electron chi connectivity index (χ0n) is 12.6. The first-order valence-corrected chi connectivity index (χ1v) is 8.67. The highest BCUT2D eigenvalue weighted by molar-refractivity contribution is 6.35. The Kier molecular flexibility index (Phi) is 5.54. The van der Waals surface area contributed by atoms with Gasteiger partial charge in [0.25, 0.3) is 5.91 Å². The third-order valence-electron chi connectivity index (χ3n) is 3.40. The number of benzene rings is 2. The van der Waals surface area contributed by atoms with Crippen LogP contribution in [0.3, 0.4) is 0 Å². The van der Waals surface area contributed by atoms with E-state index >= 15 is 0 Å². The van der Waals surface area contributed by atoms with Crippen molar-refractivity contribution in [1.82, 2.24) is 9.78 Å². The molecule has 4 nitrogen and oxygen atoms in total. The van der Waals surface area contributed by atoms with E-state index < -0.39 is 0 Å². The Balaban J connectivity index is 1.76. The van der Waals surface area contributed by atoms with Crippen molar-refractivity contribution in [3.8, 4) is 0 Å². The van der Waals surface area contributed by atoms with E-state index in [2.05, 4.69) is 10.4 Å². The van der Waals surface area contributed by atoms with Gasteiger partial charge in [0.2, 0.25) is 0 Å². The summed E-state index contributed by atoms with van der Waals surface area (Å²) in [5, 5.41) is 8.93. The van der Waals surface area contributed by atoms with Crippen LogP contribution < -0.4 is 5.32 Å². The average Bonchev–Trinajstić information content (AvgIpc) is 2.90. The molecule has 2 aromatic carbocycles. The molecule has 0 saturated carbocycles. The lowest BCUT2D eigenvalue weighted by Crippen LogP contribution is -2.13. The molecular formula is C17H11Cl4N3O. The number of anilines is 1. The van der Waals surface area contributed by atoms with Gasteiger partial charge in [0.05, 0.1) is 6.54 Å². The van der Waals surface area contributed by atoms with Gasteiger partial charge in [0.1, 0.15) is 5.02 Å². The van der Waals surface area contributed by atoms with Crippen LogP contribution in [-0.2, 0) is 6.54 Å². The number of carbonyl (C=O) groups is 1. The van der Waals surface area contributed by atoms with Crippen molar-refractivity contribution in [3.05, 3.63) is 79.9 Å². The summed E-state index contributed by atoms with van der Waals surface area (Å²) in [7, 11) is 0. The third-order valence-corrected chi connectivity index (χ3v) is 4.52. The van der Waals surface area contributed by atoms with Crippen LogP contribution in [0.2, 0.25) is 20.1 Å². The minimum absolute atomic E-state index is 0.270. The SMILES string of the molecule is O=C(Nc1nn(Cc2ccc(Cl)cc2Cl)cc1Cl)c1ccc(Cl)cc1. The number of nitrogens with one attached hydrogen (secondary N) is 1. The van der Waals surface area contributed by atoms with E-state index in [-0.39, 0.29) is 11.7 Å². The van der Waals surface area contributed by atoms with Crippen LogP contribution in [0.4, 0.5) is 5.82 Å². The largest absolute Gasteiger partial charge is 0.304 e. The lowest BCUT2D eigenvalue weighted by atomic mass is 10.2. The molecule has 25 heavy (non-hydrogen) atoms. The molecule has 1 heterocycles. The van der Waals surface area contributed by atoms with Gasteiger partial charge >= 0.3 is 0 Å². The van der Waals surface area contributed by atoms with Crippen LogP contribution in [0.15, 0.2) is 48.7 Å². The first-order valence-electron chi connectivity index (χ1n) is 7.16. The Morgan fingerprint density at radius 1 is 0.960 bits per heavy atom. The van der Waals surface area contributed by atoms with Crippen molar-refractivity contribution < 1.29 is 4.79 Å². The van der Waals surface area contributed by atoms with Crippen molar-refractivity contribution in [2.45, 2.75) is 6.54 Å². The number of amides is 1. The molecule has 1 aromatic heterocycles. The number of rotatable bonds is 4. The van der Waals surface area contributed by atoms with Crippen LogP contribution >= 0.6 is 46.4 Å². The van der Waals surface area contributed by atoms with Gasteiger partial charge in [0.15, 0.2) is 5.82 Å². The summed E-state index contributed by atoms with van der Waals surface area (Å²) in [5.41, 5.74) is 1.29. The Morgan fingerprint density at radius 3 is 2.32 bits per heavy atom. The van der Waals surface area contributed by atoms with Crippen LogP contribution in [-0.4, -0.2) is 15.7 Å². The molecule has 0 fully saturated rings. The third kappa shape index (κ3) is 4.47. The van der Waals surface area contributed by atoms with Crippen molar-refractivity contribution in [1.29, 1.82) is 0 Å². The van der Waals surface area contributed by atoms with Gasteiger partial charge in [0, 0.05) is 26.8 Å². The monoisotopic (exact) mass is 413 g/mol. The molecule has 0 aliphatic heterocycles. The van der Waals surface area contributed by atoms with Crippen LogP contribution in [0, 0.1) is 0 Å². The van der Waals surface area contributed by atoms with Crippen molar-refractivity contribution >= 4 is 58.1 Å². The topological polar surface area (TPSA) is 46.9 Å². The van der Waals surface area contributed by atoms with Gasteiger partial charge in [-0.25, -0.2) is 0 Å². The van der Waals surface area contributed by atoms with Crippen LogP contribution in [0.1, 0.15) is 15.9 Å². The maximum Gasteiger partial charge on any atom is 0.256 e. The molecular weight excluding hydrogens is 404 g/mol. The highest BCUT2D eigenvalue weighted by atomic mass is 35.5. The predicted molar refractivity (Wildman–Crippen MR) is 102 cm³/mol. The zero-order chi connectivity index (χ0) is 18.0. The maximum absolute atomic E-state index is 12.2.